The summed E-state index contributed by atoms with van der Waals surface area (Å²) in [5.41, 5.74) is 1.64. The van der Waals surface area contributed by atoms with E-state index in [1.807, 2.05) is 31.2 Å². The first-order valence-corrected chi connectivity index (χ1v) is 10.9. The molecule has 0 radical (unpaired) electrons. The monoisotopic (exact) mass is 439 g/mol. The van der Waals surface area contributed by atoms with E-state index in [4.69, 9.17) is 4.74 Å². The van der Waals surface area contributed by atoms with E-state index < -0.39 is 17.4 Å². The van der Waals surface area contributed by atoms with Crippen LogP contribution in [-0.2, 0) is 25.5 Å². The maximum absolute atomic E-state index is 13.5. The number of likely N-dealkylation sites (tertiary alicyclic amines) is 1. The molecule has 1 aliphatic heterocycles. The molecule has 2 atom stereocenters. The summed E-state index contributed by atoms with van der Waals surface area (Å²) in [4.78, 5) is 40.4. The van der Waals surface area contributed by atoms with Crippen LogP contribution in [0.2, 0.25) is 0 Å². The van der Waals surface area contributed by atoms with Gasteiger partial charge < -0.3 is 9.64 Å². The number of esters is 1. The third-order valence-electron chi connectivity index (χ3n) is 6.17. The number of Topliss-reactive ketones (excluding diaryl/α,β-unsaturated/α-hetero) is 1. The fourth-order valence-corrected chi connectivity index (χ4v) is 4.24. The molecule has 0 spiro atoms. The third kappa shape index (κ3) is 5.06. The lowest BCUT2D eigenvalue weighted by atomic mass is 9.84. The molecule has 1 amide bonds. The van der Waals surface area contributed by atoms with Gasteiger partial charge in [0.25, 0.3) is 0 Å². The SMILES string of the molecule is CCOC(=O)C(C)(C)N1C[C@@H](c2ccc(C)cc2)[C@H](CC(=O)Cc2ccc(F)cc2)C1=O. The number of hydrogen-bond acceptors (Lipinski definition) is 4. The van der Waals surface area contributed by atoms with Crippen LogP contribution < -0.4 is 0 Å². The minimum atomic E-state index is -1.13. The van der Waals surface area contributed by atoms with Gasteiger partial charge in [-0.05, 0) is 51.0 Å². The van der Waals surface area contributed by atoms with Gasteiger partial charge >= 0.3 is 5.97 Å². The zero-order chi connectivity index (χ0) is 23.5. The second-order valence-electron chi connectivity index (χ2n) is 8.90. The number of ether oxygens (including phenoxy) is 1. The molecule has 170 valence electrons. The normalized spacial score (nSPS) is 18.7. The van der Waals surface area contributed by atoms with E-state index in [1.165, 1.54) is 12.1 Å². The highest BCUT2D eigenvalue weighted by Crippen LogP contribution is 2.40. The number of aryl methyl sites for hydroxylation is 1. The molecule has 0 aromatic heterocycles. The quantitative estimate of drug-likeness (QED) is 0.578. The summed E-state index contributed by atoms with van der Waals surface area (Å²) in [5, 5.41) is 0. The van der Waals surface area contributed by atoms with Crippen LogP contribution >= 0.6 is 0 Å². The first-order chi connectivity index (χ1) is 15.1. The van der Waals surface area contributed by atoms with Crippen LogP contribution in [0.3, 0.4) is 0 Å². The van der Waals surface area contributed by atoms with E-state index in [2.05, 4.69) is 0 Å². The molecule has 1 fully saturated rings. The van der Waals surface area contributed by atoms with E-state index in [9.17, 15) is 18.8 Å². The maximum atomic E-state index is 13.5. The summed E-state index contributed by atoms with van der Waals surface area (Å²) in [6.45, 7) is 7.64. The van der Waals surface area contributed by atoms with Gasteiger partial charge in [-0.15, -0.1) is 0 Å². The highest BCUT2D eigenvalue weighted by atomic mass is 19.1. The second-order valence-corrected chi connectivity index (χ2v) is 8.90. The summed E-state index contributed by atoms with van der Waals surface area (Å²) < 4.78 is 18.4. The summed E-state index contributed by atoms with van der Waals surface area (Å²) in [5.74, 6) is -1.92. The average molecular weight is 440 g/mol. The Balaban J connectivity index is 1.86. The number of nitrogens with zero attached hydrogens (tertiary/aromatic N) is 1. The van der Waals surface area contributed by atoms with Crippen molar-refractivity contribution in [3.05, 3.63) is 71.0 Å². The standard InChI is InChI=1S/C26H30FNO4/c1-5-32-25(31)26(3,4)28-16-23(19-10-6-17(2)7-11-19)22(24(28)30)15-21(29)14-18-8-12-20(27)13-9-18/h6-13,22-23H,5,14-16H2,1-4H3/t22-,23-/m0/s1. The number of ketones is 1. The van der Waals surface area contributed by atoms with Crippen molar-refractivity contribution < 1.29 is 23.5 Å². The van der Waals surface area contributed by atoms with Crippen LogP contribution in [0.25, 0.3) is 0 Å². The van der Waals surface area contributed by atoms with Gasteiger partial charge in [-0.1, -0.05) is 42.0 Å². The Labute approximate surface area is 188 Å². The van der Waals surface area contributed by atoms with Gasteiger partial charge in [0.2, 0.25) is 5.91 Å². The van der Waals surface area contributed by atoms with Crippen molar-refractivity contribution in [2.75, 3.05) is 13.2 Å². The van der Waals surface area contributed by atoms with Crippen LogP contribution in [0.15, 0.2) is 48.5 Å². The Morgan fingerprint density at radius 2 is 1.72 bits per heavy atom. The number of rotatable bonds is 8. The molecule has 0 aliphatic carbocycles. The lowest BCUT2D eigenvalue weighted by Crippen LogP contribution is -2.52. The minimum absolute atomic E-state index is 0.0597. The van der Waals surface area contributed by atoms with Crippen LogP contribution in [0.5, 0.6) is 0 Å². The highest BCUT2D eigenvalue weighted by molar-refractivity contribution is 5.94. The average Bonchev–Trinajstić information content (AvgIpc) is 3.07. The largest absolute Gasteiger partial charge is 0.464 e. The second kappa shape index (κ2) is 9.63. The summed E-state index contributed by atoms with van der Waals surface area (Å²) in [6, 6.07) is 13.7. The van der Waals surface area contributed by atoms with E-state index in [1.54, 1.807) is 37.8 Å². The minimum Gasteiger partial charge on any atom is -0.464 e. The van der Waals surface area contributed by atoms with Crippen molar-refractivity contribution in [3.8, 4) is 0 Å². The van der Waals surface area contributed by atoms with Crippen molar-refractivity contribution in [1.29, 1.82) is 0 Å². The maximum Gasteiger partial charge on any atom is 0.331 e. The molecule has 1 saturated heterocycles. The highest BCUT2D eigenvalue weighted by Gasteiger charge is 2.50. The molecule has 6 heteroatoms. The lowest BCUT2D eigenvalue weighted by Gasteiger charge is -2.33. The topological polar surface area (TPSA) is 63.7 Å². The number of carbonyl (C=O) groups excluding carboxylic acids is 3. The van der Waals surface area contributed by atoms with Gasteiger partial charge in [0.1, 0.15) is 17.1 Å². The smallest absolute Gasteiger partial charge is 0.331 e. The molecule has 1 aliphatic rings. The Morgan fingerprint density at radius 3 is 2.31 bits per heavy atom. The van der Waals surface area contributed by atoms with Crippen LogP contribution in [0.1, 0.15) is 49.8 Å². The molecule has 0 bridgehead atoms. The van der Waals surface area contributed by atoms with E-state index in [0.29, 0.717) is 12.1 Å². The van der Waals surface area contributed by atoms with Gasteiger partial charge in [-0.25, -0.2) is 9.18 Å². The zero-order valence-corrected chi connectivity index (χ0v) is 19.1. The van der Waals surface area contributed by atoms with Crippen LogP contribution in [-0.4, -0.2) is 41.3 Å². The van der Waals surface area contributed by atoms with Crippen molar-refractivity contribution in [1.82, 2.24) is 4.90 Å². The molecule has 2 aromatic rings. The van der Waals surface area contributed by atoms with Crippen molar-refractivity contribution in [2.45, 2.75) is 52.0 Å². The molecular formula is C26H30FNO4. The van der Waals surface area contributed by atoms with Crippen LogP contribution in [0.4, 0.5) is 4.39 Å². The Hall–Kier alpha value is -3.02. The molecule has 0 unspecified atom stereocenters. The van der Waals surface area contributed by atoms with Gasteiger partial charge in [0.15, 0.2) is 0 Å². The Kier molecular flexibility index (Phi) is 7.12. The van der Waals surface area contributed by atoms with Gasteiger partial charge in [-0.2, -0.15) is 0 Å². The summed E-state index contributed by atoms with van der Waals surface area (Å²) >= 11 is 0. The van der Waals surface area contributed by atoms with Gasteiger partial charge in [-0.3, -0.25) is 9.59 Å². The van der Waals surface area contributed by atoms with E-state index >= 15 is 0 Å². The zero-order valence-electron chi connectivity index (χ0n) is 19.1. The summed E-state index contributed by atoms with van der Waals surface area (Å²) in [6.07, 6.45) is 0.191. The molecule has 5 nitrogen and oxygen atoms in total. The molecular weight excluding hydrogens is 409 g/mol. The number of amides is 1. The molecule has 0 N–H and O–H groups in total. The number of benzene rings is 2. The molecule has 3 rings (SSSR count). The fraction of sp³-hybridized carbons (Fsp3) is 0.423. The Bertz CT molecular complexity index is 982. The molecule has 32 heavy (non-hydrogen) atoms. The fourth-order valence-electron chi connectivity index (χ4n) is 4.24. The number of hydrogen-bond donors (Lipinski definition) is 0. The summed E-state index contributed by atoms with van der Waals surface area (Å²) in [7, 11) is 0. The van der Waals surface area contributed by atoms with Gasteiger partial charge in [0, 0.05) is 25.3 Å². The van der Waals surface area contributed by atoms with Crippen molar-refractivity contribution in [2.24, 2.45) is 5.92 Å². The third-order valence-corrected chi connectivity index (χ3v) is 6.17. The predicted molar refractivity (Wildman–Crippen MR) is 120 cm³/mol. The Morgan fingerprint density at radius 1 is 1.09 bits per heavy atom. The van der Waals surface area contributed by atoms with Gasteiger partial charge in [0.05, 0.1) is 12.5 Å². The molecule has 0 saturated carbocycles. The molecule has 2 aromatic carbocycles. The van der Waals surface area contributed by atoms with E-state index in [0.717, 1.165) is 11.1 Å². The first-order valence-electron chi connectivity index (χ1n) is 10.9. The number of carbonyl (C=O) groups is 3. The number of halogens is 1. The first kappa shape index (κ1) is 23.6. The molecule has 1 heterocycles. The lowest BCUT2D eigenvalue weighted by molar-refractivity contribution is -0.160. The predicted octanol–water partition coefficient (Wildman–Crippen LogP) is 4.22. The van der Waals surface area contributed by atoms with E-state index in [-0.39, 0.29) is 42.9 Å². The van der Waals surface area contributed by atoms with Crippen molar-refractivity contribution >= 4 is 17.7 Å². The van der Waals surface area contributed by atoms with Crippen molar-refractivity contribution in [3.63, 3.8) is 0 Å². The van der Waals surface area contributed by atoms with Crippen LogP contribution in [0, 0.1) is 18.7 Å².